The summed E-state index contributed by atoms with van der Waals surface area (Å²) in [5.41, 5.74) is 1.22. The molecule has 2 aliphatic rings. The van der Waals surface area contributed by atoms with E-state index in [1.165, 1.54) is 30.2 Å². The zero-order chi connectivity index (χ0) is 15.8. The maximum absolute atomic E-state index is 11.9. The monoisotopic (exact) mass is 329 g/mol. The molecule has 2 heterocycles. The summed E-state index contributed by atoms with van der Waals surface area (Å²) < 4.78 is 7.43. The number of ether oxygens (including phenoxy) is 1. The average Bonchev–Trinajstić information content (AvgIpc) is 3.24. The fraction of sp³-hybridized carbons (Fsp3) is 0.471. The highest BCUT2D eigenvalue weighted by Crippen LogP contribution is 2.41. The fourth-order valence-electron chi connectivity index (χ4n) is 2.89. The van der Waals surface area contributed by atoms with E-state index in [0.717, 1.165) is 23.9 Å². The molecule has 0 amide bonds. The van der Waals surface area contributed by atoms with Gasteiger partial charge in [-0.05, 0) is 25.3 Å². The number of nitrogens with zero attached hydrogens (tertiary/aromatic N) is 3. The molecule has 0 bridgehead atoms. The van der Waals surface area contributed by atoms with Crippen LogP contribution in [0.1, 0.15) is 43.5 Å². The van der Waals surface area contributed by atoms with Gasteiger partial charge in [0.05, 0.1) is 6.54 Å². The van der Waals surface area contributed by atoms with E-state index in [1.807, 2.05) is 25.1 Å². The highest BCUT2D eigenvalue weighted by molar-refractivity contribution is 8.00. The van der Waals surface area contributed by atoms with Crippen LogP contribution in [0.2, 0.25) is 0 Å². The molecule has 1 saturated heterocycles. The van der Waals surface area contributed by atoms with Crippen LogP contribution in [-0.2, 0) is 16.1 Å². The van der Waals surface area contributed by atoms with E-state index < -0.39 is 0 Å². The number of benzene rings is 1. The summed E-state index contributed by atoms with van der Waals surface area (Å²) >= 11 is 1.49. The summed E-state index contributed by atoms with van der Waals surface area (Å²) in [6.45, 7) is 2.68. The lowest BCUT2D eigenvalue weighted by molar-refractivity contribution is -0.140. The van der Waals surface area contributed by atoms with Crippen molar-refractivity contribution in [3.63, 3.8) is 0 Å². The molecule has 2 atom stereocenters. The number of esters is 1. The minimum atomic E-state index is -0.171. The second kappa shape index (κ2) is 6.00. The molecule has 1 aliphatic heterocycles. The first-order chi connectivity index (χ1) is 11.2. The standard InChI is InChI=1S/C17H19N3O2S/c1-11-9-14(16(21)22-11)23-17-19-18-15(13-7-8-13)20(17)10-12-5-3-2-4-6-12/h2-6,11,13-14H,7-10H2,1H3/t11-,14-/m0/s1. The number of thioether (sulfide) groups is 1. The molecule has 0 unspecified atom stereocenters. The zero-order valence-electron chi connectivity index (χ0n) is 13.0. The fourth-order valence-corrected chi connectivity index (χ4v) is 4.04. The van der Waals surface area contributed by atoms with E-state index in [-0.39, 0.29) is 17.3 Å². The maximum Gasteiger partial charge on any atom is 0.319 e. The molecule has 2 aromatic rings. The summed E-state index contributed by atoms with van der Waals surface area (Å²) in [6.07, 6.45) is 3.09. The Balaban J connectivity index is 1.60. The summed E-state index contributed by atoms with van der Waals surface area (Å²) in [5, 5.41) is 9.42. The largest absolute Gasteiger partial charge is 0.462 e. The summed E-state index contributed by atoms with van der Waals surface area (Å²) in [7, 11) is 0. The van der Waals surface area contributed by atoms with Crippen molar-refractivity contribution < 1.29 is 9.53 Å². The van der Waals surface area contributed by atoms with Crippen molar-refractivity contribution in [1.82, 2.24) is 14.8 Å². The third-order valence-corrected chi connectivity index (χ3v) is 5.43. The molecule has 23 heavy (non-hydrogen) atoms. The summed E-state index contributed by atoms with van der Waals surface area (Å²) in [6, 6.07) is 10.3. The van der Waals surface area contributed by atoms with Gasteiger partial charge in [0.1, 0.15) is 17.2 Å². The quantitative estimate of drug-likeness (QED) is 0.789. The summed E-state index contributed by atoms with van der Waals surface area (Å²) in [4.78, 5) is 11.9. The molecule has 5 nitrogen and oxygen atoms in total. The lowest BCUT2D eigenvalue weighted by Gasteiger charge is -2.11. The highest BCUT2D eigenvalue weighted by atomic mass is 32.2. The van der Waals surface area contributed by atoms with Crippen LogP contribution in [-0.4, -0.2) is 32.1 Å². The molecule has 1 saturated carbocycles. The topological polar surface area (TPSA) is 57.0 Å². The lowest BCUT2D eigenvalue weighted by atomic mass is 10.2. The normalized spacial score (nSPS) is 24.0. The predicted molar refractivity (Wildman–Crippen MR) is 87.4 cm³/mol. The summed E-state index contributed by atoms with van der Waals surface area (Å²) in [5.74, 6) is 1.44. The van der Waals surface area contributed by atoms with Crippen LogP contribution in [0.4, 0.5) is 0 Å². The van der Waals surface area contributed by atoms with Crippen LogP contribution < -0.4 is 0 Å². The Hall–Kier alpha value is -1.82. The van der Waals surface area contributed by atoms with Crippen molar-refractivity contribution in [2.45, 2.75) is 55.2 Å². The van der Waals surface area contributed by atoms with Crippen molar-refractivity contribution >= 4 is 17.7 Å². The molecule has 120 valence electrons. The van der Waals surface area contributed by atoms with E-state index in [4.69, 9.17) is 4.74 Å². The first-order valence-electron chi connectivity index (χ1n) is 8.05. The van der Waals surface area contributed by atoms with Gasteiger partial charge in [0.15, 0.2) is 5.16 Å². The molecule has 1 aromatic heterocycles. The Bertz CT molecular complexity index is 712. The van der Waals surface area contributed by atoms with Crippen molar-refractivity contribution in [3.8, 4) is 0 Å². The number of carbonyl (C=O) groups excluding carboxylic acids is 1. The number of hydrogen-bond donors (Lipinski definition) is 0. The number of hydrogen-bond acceptors (Lipinski definition) is 5. The van der Waals surface area contributed by atoms with Crippen molar-refractivity contribution in [1.29, 1.82) is 0 Å². The van der Waals surface area contributed by atoms with Crippen LogP contribution in [0.5, 0.6) is 0 Å². The lowest BCUT2D eigenvalue weighted by Crippen LogP contribution is -2.12. The van der Waals surface area contributed by atoms with E-state index in [9.17, 15) is 4.79 Å². The van der Waals surface area contributed by atoms with Crippen molar-refractivity contribution in [2.24, 2.45) is 0 Å². The Labute approximate surface area is 139 Å². The van der Waals surface area contributed by atoms with Crippen LogP contribution >= 0.6 is 11.8 Å². The first kappa shape index (κ1) is 14.8. The van der Waals surface area contributed by atoms with Gasteiger partial charge in [-0.3, -0.25) is 4.79 Å². The second-order valence-electron chi connectivity index (χ2n) is 6.28. The van der Waals surface area contributed by atoms with Gasteiger partial charge in [0.25, 0.3) is 0 Å². The molecule has 6 heteroatoms. The minimum absolute atomic E-state index is 0.00611. The van der Waals surface area contributed by atoms with E-state index in [0.29, 0.717) is 5.92 Å². The molecule has 0 spiro atoms. The molecule has 4 rings (SSSR count). The molecule has 2 fully saturated rings. The molecular weight excluding hydrogens is 310 g/mol. The van der Waals surface area contributed by atoms with Crippen molar-refractivity contribution in [3.05, 3.63) is 41.7 Å². The van der Waals surface area contributed by atoms with Crippen LogP contribution in [0.15, 0.2) is 35.5 Å². The third kappa shape index (κ3) is 3.13. The first-order valence-corrected chi connectivity index (χ1v) is 8.93. The Morgan fingerprint density at radius 1 is 1.26 bits per heavy atom. The predicted octanol–water partition coefficient (Wildman–Crippen LogP) is 3.00. The second-order valence-corrected chi connectivity index (χ2v) is 7.45. The van der Waals surface area contributed by atoms with Gasteiger partial charge in [-0.2, -0.15) is 0 Å². The van der Waals surface area contributed by atoms with Gasteiger partial charge in [-0.15, -0.1) is 10.2 Å². The molecule has 1 aromatic carbocycles. The molecule has 0 N–H and O–H groups in total. The van der Waals surface area contributed by atoms with Gasteiger partial charge in [-0.25, -0.2) is 0 Å². The Morgan fingerprint density at radius 2 is 2.04 bits per heavy atom. The number of aromatic nitrogens is 3. The Kier molecular flexibility index (Phi) is 3.85. The molecule has 0 radical (unpaired) electrons. The smallest absolute Gasteiger partial charge is 0.319 e. The third-order valence-electron chi connectivity index (χ3n) is 4.25. The van der Waals surface area contributed by atoms with Gasteiger partial charge >= 0.3 is 5.97 Å². The number of cyclic esters (lactones) is 1. The SMILES string of the molecule is C[C@H]1C[C@H](Sc2nnc(C3CC3)n2Cc2ccccc2)C(=O)O1. The number of carbonyl (C=O) groups is 1. The minimum Gasteiger partial charge on any atom is -0.462 e. The Morgan fingerprint density at radius 3 is 2.70 bits per heavy atom. The van der Waals surface area contributed by atoms with Crippen LogP contribution in [0, 0.1) is 0 Å². The maximum atomic E-state index is 11.9. The molecular formula is C17H19N3O2S. The van der Waals surface area contributed by atoms with Crippen molar-refractivity contribution in [2.75, 3.05) is 0 Å². The van der Waals surface area contributed by atoms with E-state index in [1.54, 1.807) is 0 Å². The van der Waals surface area contributed by atoms with Gasteiger partial charge in [-0.1, -0.05) is 42.1 Å². The van der Waals surface area contributed by atoms with Gasteiger partial charge in [0, 0.05) is 12.3 Å². The highest BCUT2D eigenvalue weighted by Gasteiger charge is 2.36. The van der Waals surface area contributed by atoms with Crippen LogP contribution in [0.25, 0.3) is 0 Å². The van der Waals surface area contributed by atoms with Gasteiger partial charge < -0.3 is 9.30 Å². The molecule has 1 aliphatic carbocycles. The van der Waals surface area contributed by atoms with Gasteiger partial charge in [0.2, 0.25) is 0 Å². The number of rotatable bonds is 5. The average molecular weight is 329 g/mol. The zero-order valence-corrected chi connectivity index (χ0v) is 13.8. The van der Waals surface area contributed by atoms with E-state index in [2.05, 4.69) is 26.9 Å². The van der Waals surface area contributed by atoms with Crippen LogP contribution in [0.3, 0.4) is 0 Å². The van der Waals surface area contributed by atoms with E-state index >= 15 is 0 Å².